The van der Waals surface area contributed by atoms with E-state index in [1.165, 1.54) is 6.42 Å². The predicted octanol–water partition coefficient (Wildman–Crippen LogP) is 1.73. The van der Waals surface area contributed by atoms with Gasteiger partial charge in [-0.15, -0.1) is 0 Å². The summed E-state index contributed by atoms with van der Waals surface area (Å²) in [7, 11) is -1.38. The fourth-order valence-electron chi connectivity index (χ4n) is 3.38. The third-order valence-corrected chi connectivity index (χ3v) is 6.15. The number of nitrogens with one attached hydrogen (secondary N) is 1. The van der Waals surface area contributed by atoms with Crippen molar-refractivity contribution in [1.82, 2.24) is 9.62 Å². The van der Waals surface area contributed by atoms with E-state index >= 15 is 0 Å². The van der Waals surface area contributed by atoms with Crippen LogP contribution in [0, 0.1) is 0 Å². The Hall–Kier alpha value is -0.950. The fraction of sp³-hybridized carbons (Fsp3) is 0.647. The summed E-state index contributed by atoms with van der Waals surface area (Å²) >= 11 is 0. The zero-order chi connectivity index (χ0) is 16.8. The number of benzene rings is 1. The van der Waals surface area contributed by atoms with Crippen LogP contribution in [0.2, 0.25) is 0 Å². The Kier molecular flexibility index (Phi) is 6.59. The molecule has 1 saturated carbocycles. The van der Waals surface area contributed by atoms with Gasteiger partial charge in [0.05, 0.1) is 12.4 Å². The molecule has 1 aliphatic rings. The second-order valence-electron chi connectivity index (χ2n) is 6.50. The van der Waals surface area contributed by atoms with E-state index in [0.29, 0.717) is 13.1 Å². The molecule has 23 heavy (non-hydrogen) atoms. The number of β-amino-alcohol motifs (C(OH)–C–C–N with tert-alkyl or cyclic N) is 1. The van der Waals surface area contributed by atoms with Gasteiger partial charge >= 0.3 is 0 Å². The minimum atomic E-state index is -3.36. The van der Waals surface area contributed by atoms with Gasteiger partial charge in [-0.2, -0.15) is 0 Å². The molecule has 5 nitrogen and oxygen atoms in total. The van der Waals surface area contributed by atoms with Gasteiger partial charge in [-0.25, -0.2) is 13.1 Å². The number of aliphatic hydroxyl groups is 1. The van der Waals surface area contributed by atoms with E-state index in [1.54, 1.807) is 0 Å². The molecule has 6 heteroatoms. The second-order valence-corrected chi connectivity index (χ2v) is 8.30. The van der Waals surface area contributed by atoms with Gasteiger partial charge < -0.3 is 5.11 Å². The van der Waals surface area contributed by atoms with Gasteiger partial charge in [0.1, 0.15) is 0 Å². The van der Waals surface area contributed by atoms with Crippen molar-refractivity contribution in [3.63, 3.8) is 0 Å². The Balaban J connectivity index is 2.02. The maximum atomic E-state index is 12.4. The number of hydrogen-bond acceptors (Lipinski definition) is 4. The summed E-state index contributed by atoms with van der Waals surface area (Å²) in [5.74, 6) is 0.00757. The maximum absolute atomic E-state index is 12.4. The van der Waals surface area contributed by atoms with Crippen molar-refractivity contribution < 1.29 is 13.5 Å². The van der Waals surface area contributed by atoms with Crippen molar-refractivity contribution in [3.05, 3.63) is 35.9 Å². The van der Waals surface area contributed by atoms with Crippen LogP contribution < -0.4 is 4.72 Å². The summed E-state index contributed by atoms with van der Waals surface area (Å²) in [6, 6.07) is 9.23. The lowest BCUT2D eigenvalue weighted by Crippen LogP contribution is -2.56. The van der Waals surface area contributed by atoms with E-state index in [9.17, 15) is 13.5 Å². The summed E-state index contributed by atoms with van der Waals surface area (Å²) in [4.78, 5) is 2.12. The minimum absolute atomic E-state index is 0.00757. The Morgan fingerprint density at radius 3 is 2.43 bits per heavy atom. The van der Waals surface area contributed by atoms with E-state index < -0.39 is 10.0 Å². The van der Waals surface area contributed by atoms with Gasteiger partial charge in [-0.05, 0) is 25.5 Å². The number of aliphatic hydroxyl groups excluding tert-OH is 1. The average Bonchev–Trinajstić information content (AvgIpc) is 2.55. The van der Waals surface area contributed by atoms with E-state index in [4.69, 9.17) is 0 Å². The summed E-state index contributed by atoms with van der Waals surface area (Å²) in [5.41, 5.74) is 0.617. The zero-order valence-corrected chi connectivity index (χ0v) is 14.7. The van der Waals surface area contributed by atoms with E-state index in [-0.39, 0.29) is 17.9 Å². The van der Waals surface area contributed by atoms with Gasteiger partial charge in [0.25, 0.3) is 0 Å². The van der Waals surface area contributed by atoms with Gasteiger partial charge in [-0.3, -0.25) is 4.90 Å². The molecule has 0 heterocycles. The quantitative estimate of drug-likeness (QED) is 0.756. The highest BCUT2D eigenvalue weighted by Gasteiger charge is 2.36. The first-order chi connectivity index (χ1) is 11.0. The van der Waals surface area contributed by atoms with Crippen LogP contribution in [0.15, 0.2) is 30.3 Å². The van der Waals surface area contributed by atoms with Crippen molar-refractivity contribution in [2.45, 2.75) is 43.4 Å². The lowest BCUT2D eigenvalue weighted by atomic mass is 9.80. The van der Waals surface area contributed by atoms with Crippen LogP contribution in [0.25, 0.3) is 0 Å². The largest absolute Gasteiger partial charge is 0.395 e. The highest BCUT2D eigenvalue weighted by atomic mass is 32.2. The molecular formula is C17H28N2O3S. The molecule has 0 spiro atoms. The molecule has 0 atom stereocenters. The Morgan fingerprint density at radius 2 is 1.83 bits per heavy atom. The molecule has 1 fully saturated rings. The van der Waals surface area contributed by atoms with E-state index in [1.807, 2.05) is 37.4 Å². The van der Waals surface area contributed by atoms with Crippen LogP contribution in [-0.2, 0) is 15.8 Å². The van der Waals surface area contributed by atoms with Crippen molar-refractivity contribution >= 4 is 10.0 Å². The SMILES string of the molecule is CN(CCO)C1(CNS(=O)(=O)Cc2ccccc2)CCCCC1. The van der Waals surface area contributed by atoms with Gasteiger partial charge in [0, 0.05) is 18.6 Å². The number of sulfonamides is 1. The van der Waals surface area contributed by atoms with E-state index in [0.717, 1.165) is 31.2 Å². The Morgan fingerprint density at radius 1 is 1.17 bits per heavy atom. The molecule has 2 rings (SSSR count). The standard InChI is InChI=1S/C17H28N2O3S/c1-19(12-13-20)17(10-6-3-7-11-17)15-18-23(21,22)14-16-8-4-2-5-9-16/h2,4-5,8-9,18,20H,3,6-7,10-15H2,1H3. The highest BCUT2D eigenvalue weighted by molar-refractivity contribution is 7.88. The van der Waals surface area contributed by atoms with Crippen LogP contribution in [0.3, 0.4) is 0 Å². The molecule has 1 aromatic rings. The molecule has 0 saturated heterocycles. The van der Waals surface area contributed by atoms with Crippen LogP contribution in [0.4, 0.5) is 0 Å². The van der Waals surface area contributed by atoms with Crippen molar-refractivity contribution in [2.75, 3.05) is 26.7 Å². The minimum Gasteiger partial charge on any atom is -0.395 e. The molecule has 0 unspecified atom stereocenters. The van der Waals surface area contributed by atoms with Crippen LogP contribution in [0.5, 0.6) is 0 Å². The van der Waals surface area contributed by atoms with Crippen molar-refractivity contribution in [1.29, 1.82) is 0 Å². The fourth-order valence-corrected chi connectivity index (χ4v) is 4.60. The highest BCUT2D eigenvalue weighted by Crippen LogP contribution is 2.32. The van der Waals surface area contributed by atoms with Crippen LogP contribution >= 0.6 is 0 Å². The monoisotopic (exact) mass is 340 g/mol. The summed E-state index contributed by atoms with van der Waals surface area (Å²) in [6.45, 7) is 1.08. The first-order valence-electron chi connectivity index (χ1n) is 8.31. The number of hydrogen-bond donors (Lipinski definition) is 2. The molecule has 0 bridgehead atoms. The topological polar surface area (TPSA) is 69.6 Å². The summed E-state index contributed by atoms with van der Waals surface area (Å²) < 4.78 is 27.6. The average molecular weight is 340 g/mol. The third-order valence-electron chi connectivity index (χ3n) is 4.85. The molecule has 1 aliphatic carbocycles. The molecular weight excluding hydrogens is 312 g/mol. The summed E-state index contributed by atoms with van der Waals surface area (Å²) in [5, 5.41) is 9.22. The van der Waals surface area contributed by atoms with Gasteiger partial charge in [0.2, 0.25) is 10.0 Å². The van der Waals surface area contributed by atoms with Gasteiger partial charge in [-0.1, -0.05) is 49.6 Å². The lowest BCUT2D eigenvalue weighted by molar-refractivity contribution is 0.0626. The molecule has 0 aromatic heterocycles. The molecule has 0 amide bonds. The van der Waals surface area contributed by atoms with Crippen molar-refractivity contribution in [3.8, 4) is 0 Å². The van der Waals surface area contributed by atoms with Gasteiger partial charge in [0.15, 0.2) is 0 Å². The predicted molar refractivity (Wildman–Crippen MR) is 92.6 cm³/mol. The molecule has 2 N–H and O–H groups in total. The smallest absolute Gasteiger partial charge is 0.215 e. The molecule has 130 valence electrons. The first-order valence-corrected chi connectivity index (χ1v) is 9.96. The maximum Gasteiger partial charge on any atom is 0.215 e. The number of nitrogens with zero attached hydrogens (tertiary/aromatic N) is 1. The van der Waals surface area contributed by atoms with Crippen LogP contribution in [-0.4, -0.2) is 50.7 Å². The number of likely N-dealkylation sites (N-methyl/N-ethyl adjacent to an activating group) is 1. The lowest BCUT2D eigenvalue weighted by Gasteiger charge is -2.44. The Labute approximate surface area is 139 Å². The Bertz CT molecular complexity index is 569. The second kappa shape index (κ2) is 8.24. The number of rotatable bonds is 8. The zero-order valence-electron chi connectivity index (χ0n) is 13.9. The first kappa shape index (κ1) is 18.4. The molecule has 0 aliphatic heterocycles. The molecule has 1 aromatic carbocycles. The van der Waals surface area contributed by atoms with Crippen LogP contribution in [0.1, 0.15) is 37.7 Å². The van der Waals surface area contributed by atoms with E-state index in [2.05, 4.69) is 9.62 Å². The third kappa shape index (κ3) is 5.28. The summed E-state index contributed by atoms with van der Waals surface area (Å²) in [6.07, 6.45) is 5.35. The normalized spacial score (nSPS) is 18.2. The molecule has 0 radical (unpaired) electrons. The van der Waals surface area contributed by atoms with Crippen molar-refractivity contribution in [2.24, 2.45) is 0 Å².